The summed E-state index contributed by atoms with van der Waals surface area (Å²) in [6.07, 6.45) is 20.6. The first-order chi connectivity index (χ1) is 19.4. The van der Waals surface area contributed by atoms with Crippen LogP contribution in [0.3, 0.4) is 0 Å². The van der Waals surface area contributed by atoms with Crippen LogP contribution in [-0.2, 0) is 0 Å². The molecule has 5 rings (SSSR count). The molecule has 0 radical (unpaired) electrons. The molecule has 0 bridgehead atoms. The lowest BCUT2D eigenvalue weighted by Gasteiger charge is -2.05. The Labute approximate surface area is 234 Å². The number of hydrogen-bond acceptors (Lipinski definition) is 5. The second-order valence-corrected chi connectivity index (χ2v) is 9.43. The molecule has 5 heteroatoms. The lowest BCUT2D eigenvalue weighted by molar-refractivity contribution is 1.20. The van der Waals surface area contributed by atoms with Crippen molar-refractivity contribution in [3.8, 4) is 0 Å². The van der Waals surface area contributed by atoms with Crippen molar-refractivity contribution in [1.82, 2.24) is 4.98 Å². The van der Waals surface area contributed by atoms with Crippen LogP contribution in [0.4, 0.5) is 11.4 Å². The van der Waals surface area contributed by atoms with E-state index in [4.69, 9.17) is 22.3 Å². The van der Waals surface area contributed by atoms with Gasteiger partial charge in [0.25, 0.3) is 0 Å². The minimum absolute atomic E-state index is 0.150. The number of nitrogen functional groups attached to an aromatic ring is 2. The molecule has 6 N–H and O–H groups in total. The molecular weight excluding hydrogens is 490 g/mol. The molecule has 5 nitrogen and oxygen atoms in total. The third-order valence-corrected chi connectivity index (χ3v) is 6.88. The molecule has 0 unspecified atom stereocenters. The van der Waals surface area contributed by atoms with Gasteiger partial charge >= 0.3 is 0 Å². The number of allylic oxidation sites excluding steroid dienone is 9. The number of rotatable bonds is 5. The summed E-state index contributed by atoms with van der Waals surface area (Å²) in [5.74, 6) is 0. The molecular formula is C35H29N5. The second kappa shape index (κ2) is 11.1. The van der Waals surface area contributed by atoms with Crippen molar-refractivity contribution in [2.75, 3.05) is 11.5 Å². The van der Waals surface area contributed by atoms with Crippen LogP contribution in [0.5, 0.6) is 0 Å². The highest BCUT2D eigenvalue weighted by atomic mass is 14.7. The Morgan fingerprint density at radius 3 is 1.93 bits per heavy atom. The fourth-order valence-corrected chi connectivity index (χ4v) is 4.72. The quantitative estimate of drug-likeness (QED) is 0.215. The monoisotopic (exact) mass is 519 g/mol. The maximum atomic E-state index is 8.83. The van der Waals surface area contributed by atoms with Crippen molar-refractivity contribution < 1.29 is 0 Å². The van der Waals surface area contributed by atoms with Crippen molar-refractivity contribution in [2.45, 2.75) is 0 Å². The van der Waals surface area contributed by atoms with Crippen LogP contribution in [0.15, 0.2) is 121 Å². The van der Waals surface area contributed by atoms with Crippen LogP contribution in [-0.4, -0.2) is 10.7 Å². The summed E-state index contributed by atoms with van der Waals surface area (Å²) in [5, 5.41) is 17.6. The highest BCUT2D eigenvalue weighted by Gasteiger charge is 2.12. The molecule has 0 saturated heterocycles. The topological polar surface area (TPSA) is 113 Å². The van der Waals surface area contributed by atoms with E-state index in [1.807, 2.05) is 85.0 Å². The number of hydrogen-bond donors (Lipinski definition) is 4. The molecule has 1 aromatic heterocycles. The molecule has 2 aliphatic rings. The zero-order valence-corrected chi connectivity index (χ0v) is 22.0. The van der Waals surface area contributed by atoms with Crippen LogP contribution in [0, 0.1) is 10.8 Å². The van der Waals surface area contributed by atoms with E-state index in [1.165, 1.54) is 6.20 Å². The Hall–Kier alpha value is -5.55. The third-order valence-electron chi connectivity index (χ3n) is 6.88. The maximum absolute atomic E-state index is 8.83. The van der Waals surface area contributed by atoms with E-state index >= 15 is 0 Å². The number of nitrogens with two attached hydrogens (primary N) is 2. The SMILES string of the molecule is C=CC1=Cc2cccc(N)c2C=C/C1=C\C(=N)c1ccc(/C=C2\C=Cc3c(N)cccc3C=C2C=C)ncc1=N. The number of anilines is 2. The van der Waals surface area contributed by atoms with E-state index in [2.05, 4.69) is 18.1 Å². The van der Waals surface area contributed by atoms with Gasteiger partial charge in [0, 0.05) is 28.1 Å². The standard InChI is InChI=1S/C35H29N5/c1-3-22-17-26-7-5-9-32(36)29(26)14-11-24(22)19-28-13-16-31(35(39)21-40-28)34(38)20-25-12-15-30-27(18-23(25)4-2)8-6-10-33(30)37/h3-21,38-39H,1-2,36-37H2/b24-19+,25-20+,38-34?,39-35?. The maximum Gasteiger partial charge on any atom is 0.0816 e. The van der Waals surface area contributed by atoms with Gasteiger partial charge in [0.1, 0.15) is 0 Å². The van der Waals surface area contributed by atoms with Gasteiger partial charge in [-0.2, -0.15) is 0 Å². The average Bonchev–Trinajstić information content (AvgIpc) is 3.33. The van der Waals surface area contributed by atoms with Gasteiger partial charge in [-0.3, -0.25) is 10.4 Å². The van der Waals surface area contributed by atoms with Crippen LogP contribution < -0.4 is 16.8 Å². The molecule has 0 fully saturated rings. The summed E-state index contributed by atoms with van der Waals surface area (Å²) in [6, 6.07) is 15.2. The van der Waals surface area contributed by atoms with Crippen LogP contribution in [0.1, 0.15) is 33.5 Å². The number of nitrogens with zero attached hydrogens (tertiary/aromatic N) is 1. The van der Waals surface area contributed by atoms with Gasteiger partial charge in [-0.1, -0.05) is 73.9 Å². The van der Waals surface area contributed by atoms with Gasteiger partial charge in [0.05, 0.1) is 23.0 Å². The van der Waals surface area contributed by atoms with E-state index in [-0.39, 0.29) is 11.1 Å². The predicted octanol–water partition coefficient (Wildman–Crippen LogP) is 7.00. The largest absolute Gasteiger partial charge is 0.398 e. The molecule has 0 atom stereocenters. The number of aromatic nitrogens is 1. The summed E-state index contributed by atoms with van der Waals surface area (Å²) in [6.45, 7) is 7.95. The van der Waals surface area contributed by atoms with Crippen LogP contribution >= 0.6 is 0 Å². The number of nitrogens with one attached hydrogen (secondary N) is 2. The fraction of sp³-hybridized carbons (Fsp3) is 0. The second-order valence-electron chi connectivity index (χ2n) is 9.43. The van der Waals surface area contributed by atoms with E-state index in [0.29, 0.717) is 22.6 Å². The van der Waals surface area contributed by atoms with Crippen molar-refractivity contribution >= 4 is 47.5 Å². The highest BCUT2D eigenvalue weighted by molar-refractivity contribution is 6.07. The van der Waals surface area contributed by atoms with Gasteiger partial charge in [0.15, 0.2) is 0 Å². The predicted molar refractivity (Wildman–Crippen MR) is 169 cm³/mol. The van der Waals surface area contributed by atoms with Gasteiger partial charge < -0.3 is 16.9 Å². The Morgan fingerprint density at radius 1 is 0.750 bits per heavy atom. The first kappa shape index (κ1) is 26.1. The van der Waals surface area contributed by atoms with Crippen molar-refractivity contribution in [3.63, 3.8) is 0 Å². The third kappa shape index (κ3) is 5.22. The molecule has 2 aromatic carbocycles. The van der Waals surface area contributed by atoms with Gasteiger partial charge in [-0.15, -0.1) is 0 Å². The Morgan fingerprint density at radius 2 is 1.32 bits per heavy atom. The highest BCUT2D eigenvalue weighted by Crippen LogP contribution is 2.30. The summed E-state index contributed by atoms with van der Waals surface area (Å²) >= 11 is 0. The number of benzene rings is 2. The van der Waals surface area contributed by atoms with E-state index in [9.17, 15) is 0 Å². The van der Waals surface area contributed by atoms with E-state index < -0.39 is 0 Å². The molecule has 194 valence electrons. The van der Waals surface area contributed by atoms with Crippen LogP contribution in [0.2, 0.25) is 0 Å². The molecule has 0 amide bonds. The molecule has 2 aliphatic carbocycles. The molecule has 3 aromatic rings. The average molecular weight is 520 g/mol. The zero-order valence-electron chi connectivity index (χ0n) is 22.0. The first-order valence-electron chi connectivity index (χ1n) is 12.8. The van der Waals surface area contributed by atoms with Gasteiger partial charge in [-0.05, 0) is 82.0 Å². The normalized spacial score (nSPS) is 15.8. The van der Waals surface area contributed by atoms with E-state index in [0.717, 1.165) is 44.5 Å². The number of fused-ring (bicyclic) bond motifs is 2. The molecule has 40 heavy (non-hydrogen) atoms. The molecule has 1 heterocycles. The Bertz CT molecular complexity index is 1830. The van der Waals surface area contributed by atoms with Gasteiger partial charge in [-0.25, -0.2) is 0 Å². The van der Waals surface area contributed by atoms with Crippen molar-refractivity contribution in [2.24, 2.45) is 0 Å². The first-order valence-corrected chi connectivity index (χ1v) is 12.8. The summed E-state index contributed by atoms with van der Waals surface area (Å²) in [5.41, 5.74) is 22.5. The Balaban J connectivity index is 1.50. The van der Waals surface area contributed by atoms with Gasteiger partial charge in [0.2, 0.25) is 0 Å². The van der Waals surface area contributed by atoms with E-state index in [1.54, 1.807) is 24.3 Å². The van der Waals surface area contributed by atoms with Crippen molar-refractivity contribution in [1.29, 1.82) is 10.8 Å². The smallest absolute Gasteiger partial charge is 0.0816 e. The fourth-order valence-electron chi connectivity index (χ4n) is 4.72. The molecule has 0 spiro atoms. The minimum atomic E-state index is 0.150. The lowest BCUT2D eigenvalue weighted by Crippen LogP contribution is -2.10. The Kier molecular flexibility index (Phi) is 7.20. The molecule has 0 aliphatic heterocycles. The zero-order chi connectivity index (χ0) is 28.2. The summed E-state index contributed by atoms with van der Waals surface area (Å²) < 4.78 is 0. The van der Waals surface area contributed by atoms with Crippen LogP contribution in [0.25, 0.3) is 30.4 Å². The summed E-state index contributed by atoms with van der Waals surface area (Å²) in [7, 11) is 0. The summed E-state index contributed by atoms with van der Waals surface area (Å²) in [4.78, 5) is 4.52. The lowest BCUT2D eigenvalue weighted by atomic mass is 10.0. The molecule has 0 saturated carbocycles. The minimum Gasteiger partial charge on any atom is -0.398 e. The van der Waals surface area contributed by atoms with Crippen molar-refractivity contribution in [3.05, 3.63) is 159 Å².